The van der Waals surface area contributed by atoms with Crippen LogP contribution in [0.25, 0.3) is 0 Å². The quantitative estimate of drug-likeness (QED) is 0.579. The molecule has 5 heterocycles. The van der Waals surface area contributed by atoms with Gasteiger partial charge in [-0.05, 0) is 26.3 Å². The lowest BCUT2D eigenvalue weighted by molar-refractivity contribution is 0.298. The maximum atomic E-state index is 12.7. The van der Waals surface area contributed by atoms with Gasteiger partial charge in [0.25, 0.3) is 0 Å². The molecule has 5 rings (SSSR count). The van der Waals surface area contributed by atoms with Gasteiger partial charge in [0.05, 0.1) is 23.4 Å². The van der Waals surface area contributed by atoms with Gasteiger partial charge in [-0.15, -0.1) is 11.3 Å². The zero-order valence-corrected chi connectivity index (χ0v) is 17.4. The molecule has 3 aromatic heterocycles. The van der Waals surface area contributed by atoms with E-state index in [1.807, 2.05) is 36.4 Å². The highest BCUT2D eigenvalue weighted by Crippen LogP contribution is 2.40. The van der Waals surface area contributed by atoms with Crippen LogP contribution in [-0.2, 0) is 32.1 Å². The Labute approximate surface area is 171 Å². The van der Waals surface area contributed by atoms with Crippen molar-refractivity contribution in [1.29, 1.82) is 0 Å². The van der Waals surface area contributed by atoms with Gasteiger partial charge in [-0.25, -0.2) is 9.67 Å². The van der Waals surface area contributed by atoms with Crippen molar-refractivity contribution in [2.45, 2.75) is 44.8 Å². The topological polar surface area (TPSA) is 90.8 Å². The Morgan fingerprint density at radius 2 is 2.00 bits per heavy atom. The van der Waals surface area contributed by atoms with Gasteiger partial charge in [0.1, 0.15) is 5.82 Å². The molecule has 0 amide bonds. The highest BCUT2D eigenvalue weighted by molar-refractivity contribution is 7.09. The second-order valence-corrected chi connectivity index (χ2v) is 9.18. The minimum absolute atomic E-state index is 0.172. The van der Waals surface area contributed by atoms with E-state index in [-0.39, 0.29) is 12.0 Å². The maximum Gasteiger partial charge on any atom is 0.332 e. The molecule has 2 aliphatic heterocycles. The van der Waals surface area contributed by atoms with Crippen molar-refractivity contribution < 1.29 is 0 Å². The maximum absolute atomic E-state index is 12.7. The molecule has 1 fully saturated rings. The lowest BCUT2D eigenvalue weighted by Crippen LogP contribution is -2.45. The van der Waals surface area contributed by atoms with E-state index in [2.05, 4.69) is 20.1 Å². The summed E-state index contributed by atoms with van der Waals surface area (Å²) in [6, 6.07) is 0. The smallest absolute Gasteiger partial charge is 0.298 e. The first kappa shape index (κ1) is 18.4. The number of rotatable bonds is 4. The minimum Gasteiger partial charge on any atom is -0.298 e. The molecule has 0 aromatic carbocycles. The third-order valence-corrected chi connectivity index (χ3v) is 6.82. The Hall–Kier alpha value is -2.59. The Bertz CT molecular complexity index is 1190. The number of aryl methyl sites for hydroxylation is 2. The predicted octanol–water partition coefficient (Wildman–Crippen LogP) is 0.499. The zero-order chi connectivity index (χ0) is 20.2. The van der Waals surface area contributed by atoms with Gasteiger partial charge in [0, 0.05) is 49.2 Å². The number of fused-ring (bicyclic) bond motifs is 2. The highest BCUT2D eigenvalue weighted by Gasteiger charge is 2.47. The summed E-state index contributed by atoms with van der Waals surface area (Å²) >= 11 is 1.53. The fraction of sp³-hybridized carbons (Fsp3) is 0.526. The number of hydrogen-bond donors (Lipinski definition) is 0. The van der Waals surface area contributed by atoms with Crippen molar-refractivity contribution in [3.05, 3.63) is 60.6 Å². The van der Waals surface area contributed by atoms with Crippen molar-refractivity contribution in [1.82, 2.24) is 34.0 Å². The van der Waals surface area contributed by atoms with Gasteiger partial charge in [0.15, 0.2) is 0 Å². The Kier molecular flexibility index (Phi) is 4.28. The molecule has 0 N–H and O–H groups in total. The summed E-state index contributed by atoms with van der Waals surface area (Å²) in [7, 11) is 1.92. The van der Waals surface area contributed by atoms with E-state index in [1.165, 1.54) is 21.6 Å². The molecule has 1 atom stereocenters. The van der Waals surface area contributed by atoms with E-state index in [4.69, 9.17) is 0 Å². The molecular weight excluding hydrogens is 390 g/mol. The predicted molar refractivity (Wildman–Crippen MR) is 108 cm³/mol. The van der Waals surface area contributed by atoms with Crippen molar-refractivity contribution in [2.75, 3.05) is 13.1 Å². The molecule has 2 aliphatic rings. The van der Waals surface area contributed by atoms with Gasteiger partial charge >= 0.3 is 11.1 Å². The van der Waals surface area contributed by atoms with Crippen LogP contribution in [0.5, 0.6) is 0 Å². The molecule has 0 saturated carbocycles. The number of thiazole rings is 1. The molecule has 3 aromatic rings. The Balaban J connectivity index is 1.45. The van der Waals surface area contributed by atoms with Crippen molar-refractivity contribution >= 4 is 11.3 Å². The highest BCUT2D eigenvalue weighted by atomic mass is 32.1. The molecule has 10 heteroatoms. The van der Waals surface area contributed by atoms with E-state index in [1.54, 1.807) is 4.57 Å². The van der Waals surface area contributed by atoms with Crippen LogP contribution >= 0.6 is 11.3 Å². The summed E-state index contributed by atoms with van der Waals surface area (Å²) in [4.78, 5) is 32.1. The second-order valence-electron chi connectivity index (χ2n) is 8.11. The third kappa shape index (κ3) is 3.16. The molecule has 152 valence electrons. The average Bonchev–Trinajstić information content (AvgIpc) is 3.45. The minimum atomic E-state index is -0.568. The number of aromatic nitrogens is 6. The summed E-state index contributed by atoms with van der Waals surface area (Å²) in [6.45, 7) is 5.33. The summed E-state index contributed by atoms with van der Waals surface area (Å²) in [5, 5.41) is 11.8. The van der Waals surface area contributed by atoms with Crippen LogP contribution in [0.1, 0.15) is 34.9 Å². The molecule has 0 unspecified atom stereocenters. The number of hydrogen-bond acceptors (Lipinski definition) is 7. The molecular formula is C19H23N7O2S. The van der Waals surface area contributed by atoms with Gasteiger partial charge in [-0.1, -0.05) is 0 Å². The first-order valence-electron chi connectivity index (χ1n) is 9.77. The van der Waals surface area contributed by atoms with E-state index in [0.29, 0.717) is 6.54 Å². The van der Waals surface area contributed by atoms with Crippen LogP contribution in [0.2, 0.25) is 0 Å². The SMILES string of the molecule is Cc1nc(Cn2nc3n(c(=O)c2=O)CC[C@@]32CCN(Cc3cnn(C)c3)C2)cs1. The summed E-state index contributed by atoms with van der Waals surface area (Å²) in [5.41, 5.74) is 0.737. The summed E-state index contributed by atoms with van der Waals surface area (Å²) in [6.07, 6.45) is 5.71. The number of likely N-dealkylation sites (tertiary alicyclic amines) is 1. The number of nitrogens with zero attached hydrogens (tertiary/aromatic N) is 7. The Morgan fingerprint density at radius 3 is 2.72 bits per heavy atom. The molecule has 9 nitrogen and oxygen atoms in total. The van der Waals surface area contributed by atoms with Crippen LogP contribution in [0.4, 0.5) is 0 Å². The third-order valence-electron chi connectivity index (χ3n) is 6.00. The molecule has 1 spiro atoms. The van der Waals surface area contributed by atoms with Crippen LogP contribution in [0.3, 0.4) is 0 Å². The zero-order valence-electron chi connectivity index (χ0n) is 16.5. The fourth-order valence-corrected chi connectivity index (χ4v) is 5.21. The molecule has 0 bridgehead atoms. The van der Waals surface area contributed by atoms with E-state index in [9.17, 15) is 9.59 Å². The van der Waals surface area contributed by atoms with E-state index in [0.717, 1.165) is 49.0 Å². The summed E-state index contributed by atoms with van der Waals surface area (Å²) < 4.78 is 4.71. The van der Waals surface area contributed by atoms with Crippen LogP contribution < -0.4 is 11.1 Å². The van der Waals surface area contributed by atoms with E-state index < -0.39 is 11.1 Å². The molecule has 0 radical (unpaired) electrons. The van der Waals surface area contributed by atoms with Gasteiger partial charge in [-0.3, -0.25) is 23.7 Å². The largest absolute Gasteiger partial charge is 0.332 e. The van der Waals surface area contributed by atoms with E-state index >= 15 is 0 Å². The summed E-state index contributed by atoms with van der Waals surface area (Å²) in [5.74, 6) is 0.753. The normalized spacial score (nSPS) is 21.3. The van der Waals surface area contributed by atoms with Gasteiger partial charge in [-0.2, -0.15) is 10.2 Å². The molecule has 1 saturated heterocycles. The first-order chi connectivity index (χ1) is 13.9. The fourth-order valence-electron chi connectivity index (χ4n) is 4.61. The second kappa shape index (κ2) is 6.74. The lowest BCUT2D eigenvalue weighted by atomic mass is 9.85. The van der Waals surface area contributed by atoms with Crippen LogP contribution in [0.15, 0.2) is 27.4 Å². The van der Waals surface area contributed by atoms with Gasteiger partial charge in [0.2, 0.25) is 0 Å². The van der Waals surface area contributed by atoms with Crippen molar-refractivity contribution in [3.63, 3.8) is 0 Å². The Morgan fingerprint density at radius 1 is 1.17 bits per heavy atom. The lowest BCUT2D eigenvalue weighted by Gasteiger charge is -2.23. The first-order valence-corrected chi connectivity index (χ1v) is 10.6. The van der Waals surface area contributed by atoms with Crippen LogP contribution in [0, 0.1) is 6.92 Å². The molecule has 29 heavy (non-hydrogen) atoms. The standard InChI is InChI=1S/C19H23N7O2S/c1-13-21-15(11-29-13)10-26-17(28)16(27)25-6-4-19(18(25)22-26)3-5-24(12-19)9-14-7-20-23(2)8-14/h7-8,11H,3-6,9-10,12H2,1-2H3/t19-/m1/s1. The van der Waals surface area contributed by atoms with Gasteiger partial charge < -0.3 is 0 Å². The van der Waals surface area contributed by atoms with Crippen molar-refractivity contribution in [3.8, 4) is 0 Å². The molecule has 0 aliphatic carbocycles. The van der Waals surface area contributed by atoms with Crippen LogP contribution in [-0.4, -0.2) is 47.1 Å². The average molecular weight is 414 g/mol. The van der Waals surface area contributed by atoms with Crippen molar-refractivity contribution in [2.24, 2.45) is 7.05 Å². The monoisotopic (exact) mass is 413 g/mol.